The number of nitrogens with zero attached hydrogens (tertiary/aromatic N) is 3. The third-order valence-electron chi connectivity index (χ3n) is 6.87. The number of hydrogen-bond donors (Lipinski definition) is 1. The van der Waals surface area contributed by atoms with Crippen LogP contribution in [0.3, 0.4) is 0 Å². The Labute approximate surface area is 211 Å². The molecular weight excluding hydrogens is 515 g/mol. The highest BCUT2D eigenvalue weighted by molar-refractivity contribution is 14.0. The number of hydrogen-bond acceptors (Lipinski definition) is 4. The molecule has 32 heavy (non-hydrogen) atoms. The van der Waals surface area contributed by atoms with Gasteiger partial charge >= 0.3 is 0 Å². The van der Waals surface area contributed by atoms with Crippen molar-refractivity contribution in [3.8, 4) is 0 Å². The van der Waals surface area contributed by atoms with E-state index in [4.69, 9.17) is 14.5 Å². The predicted molar refractivity (Wildman–Crippen MR) is 141 cm³/mol. The van der Waals surface area contributed by atoms with Crippen molar-refractivity contribution < 1.29 is 9.47 Å². The van der Waals surface area contributed by atoms with Crippen molar-refractivity contribution >= 4 is 29.9 Å². The minimum absolute atomic E-state index is 0. The zero-order chi connectivity index (χ0) is 21.5. The summed E-state index contributed by atoms with van der Waals surface area (Å²) >= 11 is 0. The van der Waals surface area contributed by atoms with Crippen molar-refractivity contribution in [1.82, 2.24) is 15.1 Å². The molecule has 3 saturated heterocycles. The van der Waals surface area contributed by atoms with E-state index in [1.54, 1.807) is 0 Å². The molecule has 3 aliphatic rings. The molecule has 3 heterocycles. The topological polar surface area (TPSA) is 49.3 Å². The Morgan fingerprint density at radius 2 is 1.88 bits per heavy atom. The van der Waals surface area contributed by atoms with Crippen molar-refractivity contribution in [2.75, 3.05) is 65.6 Å². The molecule has 0 bridgehead atoms. The highest BCUT2D eigenvalue weighted by Gasteiger charge is 2.29. The molecule has 0 aromatic heterocycles. The Morgan fingerprint density at radius 3 is 2.62 bits per heavy atom. The zero-order valence-electron chi connectivity index (χ0n) is 19.8. The van der Waals surface area contributed by atoms with E-state index in [1.807, 2.05) is 0 Å². The van der Waals surface area contributed by atoms with Crippen LogP contribution in [0.1, 0.15) is 43.4 Å². The first-order valence-electron chi connectivity index (χ1n) is 12.2. The minimum atomic E-state index is 0. The lowest BCUT2D eigenvalue weighted by molar-refractivity contribution is -0.0250. The van der Waals surface area contributed by atoms with E-state index in [-0.39, 0.29) is 30.1 Å². The van der Waals surface area contributed by atoms with Crippen molar-refractivity contribution in [2.45, 2.75) is 39.2 Å². The molecule has 0 spiro atoms. The number of rotatable bonds is 6. The monoisotopic (exact) mass is 556 g/mol. The maximum Gasteiger partial charge on any atom is 0.193 e. The second-order valence-electron chi connectivity index (χ2n) is 9.31. The lowest BCUT2D eigenvalue weighted by Crippen LogP contribution is -2.42. The summed E-state index contributed by atoms with van der Waals surface area (Å²) in [5.74, 6) is 2.25. The van der Waals surface area contributed by atoms with E-state index in [2.05, 4.69) is 53.2 Å². The number of halogens is 1. The number of ether oxygens (including phenoxy) is 2. The van der Waals surface area contributed by atoms with Gasteiger partial charge in [-0.15, -0.1) is 24.0 Å². The van der Waals surface area contributed by atoms with E-state index >= 15 is 0 Å². The maximum absolute atomic E-state index is 6.22. The van der Waals surface area contributed by atoms with Gasteiger partial charge in [-0.3, -0.25) is 9.89 Å². The first-order chi connectivity index (χ1) is 15.2. The Hall–Kier alpha value is -0.900. The number of aryl methyl sites for hydroxylation is 1. The Kier molecular flexibility index (Phi) is 10.5. The summed E-state index contributed by atoms with van der Waals surface area (Å²) in [6.45, 7) is 14.2. The van der Waals surface area contributed by atoms with Crippen LogP contribution in [0.15, 0.2) is 29.3 Å². The number of nitrogens with one attached hydrogen (secondary N) is 1. The van der Waals surface area contributed by atoms with E-state index in [1.165, 1.54) is 30.5 Å². The Morgan fingerprint density at radius 1 is 1.09 bits per heavy atom. The normalized spacial score (nSPS) is 27.2. The smallest absolute Gasteiger partial charge is 0.193 e. The van der Waals surface area contributed by atoms with Crippen LogP contribution in [0.5, 0.6) is 0 Å². The molecular formula is C25H41IN4O2. The molecule has 3 fully saturated rings. The molecule has 0 radical (unpaired) electrons. The van der Waals surface area contributed by atoms with E-state index in [9.17, 15) is 0 Å². The van der Waals surface area contributed by atoms with E-state index in [0.717, 1.165) is 77.4 Å². The van der Waals surface area contributed by atoms with Crippen molar-refractivity contribution in [3.63, 3.8) is 0 Å². The van der Waals surface area contributed by atoms with Crippen LogP contribution in [-0.2, 0) is 9.47 Å². The first-order valence-corrected chi connectivity index (χ1v) is 12.2. The molecule has 0 amide bonds. The molecule has 6 nitrogen and oxygen atoms in total. The van der Waals surface area contributed by atoms with Gasteiger partial charge in [-0.25, -0.2) is 0 Å². The molecule has 3 aliphatic heterocycles. The lowest BCUT2D eigenvalue weighted by atomic mass is 9.89. The third-order valence-corrected chi connectivity index (χ3v) is 6.87. The van der Waals surface area contributed by atoms with E-state index < -0.39 is 0 Å². The minimum Gasteiger partial charge on any atom is -0.379 e. The van der Waals surface area contributed by atoms with Crippen molar-refractivity contribution in [2.24, 2.45) is 16.8 Å². The molecule has 0 aliphatic carbocycles. The molecule has 4 rings (SSSR count). The largest absolute Gasteiger partial charge is 0.379 e. The fourth-order valence-corrected chi connectivity index (χ4v) is 5.11. The van der Waals surface area contributed by atoms with Gasteiger partial charge in [0.2, 0.25) is 0 Å². The standard InChI is InChI=1S/C25H40N4O2.HI/c1-3-26-25(29-11-10-21(19-29)18-28-12-15-30-16-13-28)27-17-23-5-4-14-31-24(23)22-8-6-20(2)7-9-22;/h6-9,21,23-24H,3-5,10-19H2,1-2H3,(H,26,27);1H. The van der Waals surface area contributed by atoms with Gasteiger partial charge in [0, 0.05) is 58.3 Å². The number of likely N-dealkylation sites (tertiary alicyclic amines) is 1. The summed E-state index contributed by atoms with van der Waals surface area (Å²) in [6.07, 6.45) is 3.72. The Balaban J connectivity index is 0.00000289. The summed E-state index contributed by atoms with van der Waals surface area (Å²) in [4.78, 5) is 10.1. The lowest BCUT2D eigenvalue weighted by Gasteiger charge is -2.32. The molecule has 7 heteroatoms. The van der Waals surface area contributed by atoms with E-state index in [0.29, 0.717) is 5.92 Å². The van der Waals surface area contributed by atoms with Crippen LogP contribution >= 0.6 is 24.0 Å². The maximum atomic E-state index is 6.22. The summed E-state index contributed by atoms with van der Waals surface area (Å²) < 4.78 is 11.7. The summed E-state index contributed by atoms with van der Waals surface area (Å²) in [5.41, 5.74) is 2.59. The summed E-state index contributed by atoms with van der Waals surface area (Å²) in [5, 5.41) is 3.55. The highest BCUT2D eigenvalue weighted by atomic mass is 127. The van der Waals surface area contributed by atoms with Crippen LogP contribution in [0.2, 0.25) is 0 Å². The molecule has 1 N–H and O–H groups in total. The van der Waals surface area contributed by atoms with Crippen LogP contribution in [0.25, 0.3) is 0 Å². The van der Waals surface area contributed by atoms with Gasteiger partial charge in [0.25, 0.3) is 0 Å². The third kappa shape index (κ3) is 7.05. The quantitative estimate of drug-likeness (QED) is 0.329. The molecule has 180 valence electrons. The number of morpholine rings is 1. The number of benzene rings is 1. The van der Waals surface area contributed by atoms with Crippen LogP contribution in [-0.4, -0.2) is 81.4 Å². The van der Waals surface area contributed by atoms with Gasteiger partial charge in [-0.05, 0) is 44.6 Å². The van der Waals surface area contributed by atoms with Gasteiger partial charge < -0.3 is 19.7 Å². The Bertz CT molecular complexity index is 708. The van der Waals surface area contributed by atoms with Gasteiger partial charge in [-0.1, -0.05) is 29.8 Å². The first kappa shape index (κ1) is 25.7. The summed E-state index contributed by atoms with van der Waals surface area (Å²) in [6, 6.07) is 8.83. The van der Waals surface area contributed by atoms with Gasteiger partial charge in [0.05, 0.1) is 19.3 Å². The SMILES string of the molecule is CCNC(=NCC1CCCOC1c1ccc(C)cc1)N1CCC(CN2CCOCC2)C1.I. The molecule has 1 aromatic carbocycles. The average Bonchev–Trinajstić information content (AvgIpc) is 3.26. The second kappa shape index (κ2) is 13.1. The van der Waals surface area contributed by atoms with Crippen LogP contribution in [0.4, 0.5) is 0 Å². The fourth-order valence-electron chi connectivity index (χ4n) is 5.11. The molecule has 0 saturated carbocycles. The average molecular weight is 557 g/mol. The zero-order valence-corrected chi connectivity index (χ0v) is 22.1. The molecule has 3 atom stereocenters. The predicted octanol–water partition coefficient (Wildman–Crippen LogP) is 3.70. The highest BCUT2D eigenvalue weighted by Crippen LogP contribution is 2.34. The number of aliphatic imine (C=N–C) groups is 1. The van der Waals surface area contributed by atoms with Gasteiger partial charge in [-0.2, -0.15) is 0 Å². The van der Waals surface area contributed by atoms with Gasteiger partial charge in [0.1, 0.15) is 0 Å². The molecule has 3 unspecified atom stereocenters. The second-order valence-corrected chi connectivity index (χ2v) is 9.31. The summed E-state index contributed by atoms with van der Waals surface area (Å²) in [7, 11) is 0. The van der Waals surface area contributed by atoms with Crippen molar-refractivity contribution in [1.29, 1.82) is 0 Å². The van der Waals surface area contributed by atoms with Gasteiger partial charge in [0.15, 0.2) is 5.96 Å². The van der Waals surface area contributed by atoms with Crippen LogP contribution in [0, 0.1) is 18.8 Å². The van der Waals surface area contributed by atoms with Crippen molar-refractivity contribution in [3.05, 3.63) is 35.4 Å². The number of guanidine groups is 1. The fraction of sp³-hybridized carbons (Fsp3) is 0.720. The van der Waals surface area contributed by atoms with Crippen LogP contribution < -0.4 is 5.32 Å². The molecule has 1 aromatic rings.